The lowest BCUT2D eigenvalue weighted by Gasteiger charge is -2.42. The molecule has 3 atom stereocenters. The Hall–Kier alpha value is -1.63. The molecule has 1 saturated heterocycles. The monoisotopic (exact) mass is 293 g/mol. The molecule has 116 valence electrons. The minimum absolute atomic E-state index is 0.00458. The van der Waals surface area contributed by atoms with E-state index in [0.29, 0.717) is 19.6 Å². The quantitative estimate of drug-likeness (QED) is 0.325. The Kier molecular flexibility index (Phi) is 5.55. The van der Waals surface area contributed by atoms with E-state index in [9.17, 15) is 5.11 Å². The van der Waals surface area contributed by atoms with Gasteiger partial charge in [-0.3, -0.25) is 4.90 Å². The summed E-state index contributed by atoms with van der Waals surface area (Å²) in [5, 5.41) is 21.3. The third-order valence-corrected chi connectivity index (χ3v) is 3.87. The molecule has 1 aliphatic heterocycles. The largest absolute Gasteiger partial charge is 0.409 e. The number of nitrogens with two attached hydrogens (primary N) is 1. The van der Waals surface area contributed by atoms with Crippen LogP contribution >= 0.6 is 0 Å². The zero-order valence-electron chi connectivity index (χ0n) is 12.2. The molecule has 21 heavy (non-hydrogen) atoms. The number of morpholine rings is 1. The average molecular weight is 293 g/mol. The highest BCUT2D eigenvalue weighted by atomic mass is 16.5. The number of nitrogens with zero attached hydrogens (tertiary/aromatic N) is 2. The van der Waals surface area contributed by atoms with Crippen LogP contribution in [0.2, 0.25) is 0 Å². The van der Waals surface area contributed by atoms with Gasteiger partial charge < -0.3 is 20.8 Å². The second-order valence-corrected chi connectivity index (χ2v) is 5.41. The summed E-state index contributed by atoms with van der Waals surface area (Å²) in [6, 6.07) is 10.2. The van der Waals surface area contributed by atoms with Crippen LogP contribution in [0.5, 0.6) is 0 Å². The fraction of sp³-hybridized carbons (Fsp3) is 0.533. The second kappa shape index (κ2) is 7.40. The lowest BCUT2D eigenvalue weighted by molar-refractivity contribution is -0.0911. The SMILES string of the molecule is CC1COC(CO)CN1C(C/C(N)=N/O)c1ccccc1. The number of aliphatic hydroxyl groups excluding tert-OH is 1. The smallest absolute Gasteiger partial charge is 0.141 e. The molecule has 1 aromatic rings. The van der Waals surface area contributed by atoms with E-state index in [4.69, 9.17) is 15.7 Å². The summed E-state index contributed by atoms with van der Waals surface area (Å²) in [5.41, 5.74) is 6.83. The Morgan fingerprint density at radius 3 is 2.81 bits per heavy atom. The molecule has 0 bridgehead atoms. The molecule has 0 aliphatic carbocycles. The predicted octanol–water partition coefficient (Wildman–Crippen LogP) is 0.946. The molecule has 1 fully saturated rings. The van der Waals surface area contributed by atoms with E-state index < -0.39 is 0 Å². The van der Waals surface area contributed by atoms with Crippen molar-refractivity contribution < 1.29 is 15.1 Å². The highest BCUT2D eigenvalue weighted by Crippen LogP contribution is 2.29. The first-order chi connectivity index (χ1) is 10.2. The fourth-order valence-corrected chi connectivity index (χ4v) is 2.72. The van der Waals surface area contributed by atoms with Crippen molar-refractivity contribution in [1.82, 2.24) is 4.90 Å². The maximum absolute atomic E-state index is 9.34. The summed E-state index contributed by atoms with van der Waals surface area (Å²) in [5.74, 6) is 0.197. The van der Waals surface area contributed by atoms with E-state index in [2.05, 4.69) is 17.0 Å². The van der Waals surface area contributed by atoms with Crippen molar-refractivity contribution in [2.24, 2.45) is 10.9 Å². The van der Waals surface area contributed by atoms with Gasteiger partial charge in [0, 0.05) is 25.0 Å². The molecular weight excluding hydrogens is 270 g/mol. The van der Waals surface area contributed by atoms with Crippen LogP contribution in [-0.2, 0) is 4.74 Å². The number of benzene rings is 1. The molecular formula is C15H23N3O3. The molecule has 1 aromatic carbocycles. The van der Waals surface area contributed by atoms with Gasteiger partial charge in [-0.05, 0) is 12.5 Å². The van der Waals surface area contributed by atoms with Gasteiger partial charge in [0.05, 0.1) is 19.3 Å². The number of hydrogen-bond acceptors (Lipinski definition) is 5. The van der Waals surface area contributed by atoms with E-state index in [1.807, 2.05) is 30.3 Å². The molecule has 1 aliphatic rings. The third-order valence-electron chi connectivity index (χ3n) is 3.87. The van der Waals surface area contributed by atoms with E-state index in [1.165, 1.54) is 0 Å². The first kappa shape index (κ1) is 15.8. The molecule has 2 rings (SSSR count). The van der Waals surface area contributed by atoms with Gasteiger partial charge in [0.2, 0.25) is 0 Å². The molecule has 1 heterocycles. The van der Waals surface area contributed by atoms with Crippen LogP contribution in [0.1, 0.15) is 24.9 Å². The van der Waals surface area contributed by atoms with Gasteiger partial charge >= 0.3 is 0 Å². The van der Waals surface area contributed by atoms with Gasteiger partial charge in [-0.1, -0.05) is 35.5 Å². The van der Waals surface area contributed by atoms with E-state index in [1.54, 1.807) is 0 Å². The molecule has 0 amide bonds. The molecule has 0 saturated carbocycles. The Morgan fingerprint density at radius 1 is 1.48 bits per heavy atom. The molecule has 6 heteroatoms. The standard InChI is InChI=1S/C15H23N3O3/c1-11-10-21-13(9-19)8-18(11)14(7-15(16)17-20)12-5-3-2-4-6-12/h2-6,11,13-14,19-20H,7-10H2,1H3,(H2,16,17). The Bertz CT molecular complexity index is 466. The van der Waals surface area contributed by atoms with E-state index in [0.717, 1.165) is 5.56 Å². The molecule has 6 nitrogen and oxygen atoms in total. The summed E-state index contributed by atoms with van der Waals surface area (Å²) in [6.07, 6.45) is 0.239. The van der Waals surface area contributed by atoms with Gasteiger partial charge in [-0.15, -0.1) is 0 Å². The molecule has 4 N–H and O–H groups in total. The highest BCUT2D eigenvalue weighted by Gasteiger charge is 2.32. The summed E-state index contributed by atoms with van der Waals surface area (Å²) >= 11 is 0. The van der Waals surface area contributed by atoms with Crippen LogP contribution < -0.4 is 5.73 Å². The van der Waals surface area contributed by atoms with Gasteiger partial charge in [0.1, 0.15) is 5.84 Å². The zero-order valence-corrected chi connectivity index (χ0v) is 12.2. The summed E-state index contributed by atoms with van der Waals surface area (Å²) < 4.78 is 5.58. The first-order valence-corrected chi connectivity index (χ1v) is 7.15. The van der Waals surface area contributed by atoms with Crippen molar-refractivity contribution in [1.29, 1.82) is 0 Å². The number of hydrogen-bond donors (Lipinski definition) is 3. The maximum Gasteiger partial charge on any atom is 0.141 e. The summed E-state index contributed by atoms with van der Waals surface area (Å²) in [7, 11) is 0. The van der Waals surface area contributed by atoms with Crippen molar-refractivity contribution >= 4 is 5.84 Å². The Balaban J connectivity index is 2.25. The van der Waals surface area contributed by atoms with Crippen LogP contribution in [0.3, 0.4) is 0 Å². The molecule has 3 unspecified atom stereocenters. The van der Waals surface area contributed by atoms with Crippen molar-refractivity contribution in [3.05, 3.63) is 35.9 Å². The molecule has 0 radical (unpaired) electrons. The topological polar surface area (TPSA) is 91.3 Å². The number of oxime groups is 1. The minimum atomic E-state index is -0.195. The zero-order chi connectivity index (χ0) is 15.2. The van der Waals surface area contributed by atoms with E-state index >= 15 is 0 Å². The summed E-state index contributed by atoms with van der Waals surface area (Å²) in [4.78, 5) is 2.25. The van der Waals surface area contributed by atoms with Crippen LogP contribution in [0.4, 0.5) is 0 Å². The lowest BCUT2D eigenvalue weighted by Crippen LogP contribution is -2.51. The molecule has 0 spiro atoms. The lowest BCUT2D eigenvalue weighted by atomic mass is 9.98. The fourth-order valence-electron chi connectivity index (χ4n) is 2.72. The van der Waals surface area contributed by atoms with Gasteiger partial charge in [0.25, 0.3) is 0 Å². The third kappa shape index (κ3) is 3.93. The summed E-state index contributed by atoms with van der Waals surface area (Å²) in [6.45, 7) is 3.25. The van der Waals surface area contributed by atoms with Gasteiger partial charge in [-0.25, -0.2) is 0 Å². The highest BCUT2D eigenvalue weighted by molar-refractivity contribution is 5.80. The number of amidine groups is 1. The predicted molar refractivity (Wildman–Crippen MR) is 80.2 cm³/mol. The second-order valence-electron chi connectivity index (χ2n) is 5.41. The Labute approximate surface area is 124 Å². The minimum Gasteiger partial charge on any atom is -0.409 e. The van der Waals surface area contributed by atoms with Gasteiger partial charge in [0.15, 0.2) is 0 Å². The van der Waals surface area contributed by atoms with Gasteiger partial charge in [-0.2, -0.15) is 0 Å². The average Bonchev–Trinajstić information content (AvgIpc) is 2.54. The van der Waals surface area contributed by atoms with Crippen LogP contribution in [0.25, 0.3) is 0 Å². The first-order valence-electron chi connectivity index (χ1n) is 7.15. The number of ether oxygens (including phenoxy) is 1. The van der Waals surface area contributed by atoms with Crippen LogP contribution in [0, 0.1) is 0 Å². The van der Waals surface area contributed by atoms with Crippen LogP contribution in [-0.4, -0.2) is 53.0 Å². The van der Waals surface area contributed by atoms with Crippen LogP contribution in [0.15, 0.2) is 35.5 Å². The molecule has 0 aromatic heterocycles. The van der Waals surface area contributed by atoms with Crippen molar-refractivity contribution in [2.75, 3.05) is 19.8 Å². The normalized spacial score (nSPS) is 25.7. The van der Waals surface area contributed by atoms with Crippen molar-refractivity contribution in [2.45, 2.75) is 31.5 Å². The van der Waals surface area contributed by atoms with E-state index in [-0.39, 0.29) is 30.6 Å². The number of rotatable bonds is 5. The number of aliphatic hydroxyl groups is 1. The van der Waals surface area contributed by atoms with Crippen molar-refractivity contribution in [3.8, 4) is 0 Å². The Morgan fingerprint density at radius 2 is 2.19 bits per heavy atom. The maximum atomic E-state index is 9.34. The van der Waals surface area contributed by atoms with Crippen molar-refractivity contribution in [3.63, 3.8) is 0 Å².